The zero-order valence-corrected chi connectivity index (χ0v) is 17.5. The van der Waals surface area contributed by atoms with Crippen molar-refractivity contribution in [1.82, 2.24) is 9.80 Å². The number of piperidine rings is 1. The highest BCUT2D eigenvalue weighted by Gasteiger charge is 2.26. The average molecular weight is 411 g/mol. The van der Waals surface area contributed by atoms with Crippen LogP contribution in [0.4, 0.5) is 0 Å². The molecule has 160 valence electrons. The Morgan fingerprint density at radius 2 is 1.80 bits per heavy atom. The minimum atomic E-state index is 0.0436. The number of methoxy groups -OCH3 is 1. The molecule has 30 heavy (non-hydrogen) atoms. The number of aromatic hydroxyl groups is 1. The van der Waals surface area contributed by atoms with Crippen LogP contribution < -0.4 is 9.47 Å². The van der Waals surface area contributed by atoms with Crippen LogP contribution in [0.3, 0.4) is 0 Å². The number of carbonyl (C=O) groups is 1. The molecule has 0 unspecified atom stereocenters. The van der Waals surface area contributed by atoms with E-state index in [-0.39, 0.29) is 12.0 Å². The van der Waals surface area contributed by atoms with E-state index in [1.54, 1.807) is 13.2 Å². The maximum absolute atomic E-state index is 13.0. The lowest BCUT2D eigenvalue weighted by molar-refractivity contribution is 0.0764. The Hall–Kier alpha value is -2.73. The van der Waals surface area contributed by atoms with E-state index < -0.39 is 0 Å². The van der Waals surface area contributed by atoms with Crippen LogP contribution in [0.5, 0.6) is 17.2 Å². The van der Waals surface area contributed by atoms with Gasteiger partial charge in [-0.15, -0.1) is 0 Å². The van der Waals surface area contributed by atoms with Crippen molar-refractivity contribution in [2.24, 2.45) is 0 Å². The summed E-state index contributed by atoms with van der Waals surface area (Å²) in [5, 5.41) is 10.0. The molecule has 0 saturated carbocycles. The molecule has 0 aromatic heterocycles. The molecular weight excluding hydrogens is 380 g/mol. The van der Waals surface area contributed by atoms with Gasteiger partial charge in [-0.05, 0) is 43.9 Å². The molecule has 0 aliphatic carbocycles. The lowest BCUT2D eigenvalue weighted by atomic mass is 10.1. The lowest BCUT2D eigenvalue weighted by Gasteiger charge is -2.32. The second-order valence-corrected chi connectivity index (χ2v) is 8.08. The highest BCUT2D eigenvalue weighted by atomic mass is 16.5. The molecule has 2 heterocycles. The second kappa shape index (κ2) is 9.39. The van der Waals surface area contributed by atoms with Gasteiger partial charge in [0, 0.05) is 44.4 Å². The maximum Gasteiger partial charge on any atom is 0.257 e. The van der Waals surface area contributed by atoms with Gasteiger partial charge in [-0.3, -0.25) is 9.69 Å². The Kier molecular flexibility index (Phi) is 6.43. The van der Waals surface area contributed by atoms with E-state index in [1.165, 1.54) is 0 Å². The average Bonchev–Trinajstić information content (AvgIpc) is 3.31. The highest BCUT2D eigenvalue weighted by Crippen LogP contribution is 2.30. The normalized spacial score (nSPS) is 17.8. The molecule has 0 bridgehead atoms. The first-order chi connectivity index (χ1) is 14.6. The van der Waals surface area contributed by atoms with Crippen molar-refractivity contribution in [3.63, 3.8) is 0 Å². The fourth-order valence-electron chi connectivity index (χ4n) is 4.24. The van der Waals surface area contributed by atoms with Crippen LogP contribution in [0.1, 0.15) is 41.6 Å². The number of likely N-dealkylation sites (tertiary alicyclic amines) is 2. The minimum Gasteiger partial charge on any atom is -0.508 e. The number of phenols is 1. The van der Waals surface area contributed by atoms with Crippen LogP contribution >= 0.6 is 0 Å². The van der Waals surface area contributed by atoms with Crippen LogP contribution in [-0.2, 0) is 6.54 Å². The van der Waals surface area contributed by atoms with Gasteiger partial charge in [0.15, 0.2) is 0 Å². The summed E-state index contributed by atoms with van der Waals surface area (Å²) in [5.41, 5.74) is 1.57. The summed E-state index contributed by atoms with van der Waals surface area (Å²) in [6.07, 6.45) is 3.94. The van der Waals surface area contributed by atoms with Gasteiger partial charge in [0.1, 0.15) is 23.4 Å². The van der Waals surface area contributed by atoms with Crippen LogP contribution in [0.15, 0.2) is 42.5 Å². The topological polar surface area (TPSA) is 62.2 Å². The predicted octanol–water partition coefficient (Wildman–Crippen LogP) is 3.68. The quantitative estimate of drug-likeness (QED) is 0.787. The first-order valence-electron chi connectivity index (χ1n) is 10.8. The first kappa shape index (κ1) is 20.5. The van der Waals surface area contributed by atoms with Gasteiger partial charge in [0.05, 0.1) is 12.7 Å². The number of hydrogen-bond acceptors (Lipinski definition) is 5. The summed E-state index contributed by atoms with van der Waals surface area (Å²) < 4.78 is 11.7. The fraction of sp³-hybridized carbons (Fsp3) is 0.458. The van der Waals surface area contributed by atoms with Crippen LogP contribution in [0.25, 0.3) is 0 Å². The number of phenolic OH excluding ortho intramolecular Hbond substituents is 1. The Balaban J connectivity index is 1.40. The molecule has 6 nitrogen and oxygen atoms in total. The molecule has 4 rings (SSSR count). The van der Waals surface area contributed by atoms with Gasteiger partial charge in [0.25, 0.3) is 5.91 Å². The van der Waals surface area contributed by atoms with Crippen LogP contribution in [0, 0.1) is 0 Å². The van der Waals surface area contributed by atoms with E-state index in [9.17, 15) is 9.90 Å². The van der Waals surface area contributed by atoms with Crippen molar-refractivity contribution >= 4 is 5.91 Å². The predicted molar refractivity (Wildman–Crippen MR) is 115 cm³/mol. The Labute approximate surface area is 178 Å². The molecular formula is C24H30N2O4. The molecule has 6 heteroatoms. The Morgan fingerprint density at radius 3 is 2.50 bits per heavy atom. The molecule has 2 saturated heterocycles. The number of ether oxygens (including phenoxy) is 2. The molecule has 2 fully saturated rings. The van der Waals surface area contributed by atoms with E-state index in [4.69, 9.17) is 9.47 Å². The standard InChI is InChI=1S/C24H30N2O4/c1-29-20-8-9-21(24(28)26-12-4-5-13-26)23(16-20)30-19-10-14-25(15-11-19)17-18-6-2-3-7-22(18)27/h2-3,6-9,16,19,27H,4-5,10-15,17H2,1H3. The summed E-state index contributed by atoms with van der Waals surface area (Å²) in [6.45, 7) is 4.14. The third-order valence-electron chi connectivity index (χ3n) is 6.03. The summed E-state index contributed by atoms with van der Waals surface area (Å²) in [5.74, 6) is 1.70. The van der Waals surface area contributed by atoms with Gasteiger partial charge in [-0.1, -0.05) is 18.2 Å². The summed E-state index contributed by atoms with van der Waals surface area (Å²) in [6, 6.07) is 13.0. The summed E-state index contributed by atoms with van der Waals surface area (Å²) >= 11 is 0. The monoisotopic (exact) mass is 410 g/mol. The van der Waals surface area contributed by atoms with E-state index in [2.05, 4.69) is 4.90 Å². The molecule has 0 spiro atoms. The van der Waals surface area contributed by atoms with Gasteiger partial charge < -0.3 is 19.5 Å². The zero-order chi connectivity index (χ0) is 20.9. The molecule has 2 aromatic carbocycles. The van der Waals surface area contributed by atoms with E-state index in [0.717, 1.165) is 64.0 Å². The third-order valence-corrected chi connectivity index (χ3v) is 6.03. The number of nitrogens with zero attached hydrogens (tertiary/aromatic N) is 2. The maximum atomic E-state index is 13.0. The summed E-state index contributed by atoms with van der Waals surface area (Å²) in [4.78, 5) is 17.2. The van der Waals surface area contributed by atoms with Gasteiger partial charge >= 0.3 is 0 Å². The van der Waals surface area contributed by atoms with Crippen molar-refractivity contribution in [2.75, 3.05) is 33.3 Å². The molecule has 2 aliphatic rings. The van der Waals surface area contributed by atoms with E-state index in [1.807, 2.05) is 41.3 Å². The van der Waals surface area contributed by atoms with Crippen molar-refractivity contribution < 1.29 is 19.4 Å². The minimum absolute atomic E-state index is 0.0436. The van der Waals surface area contributed by atoms with E-state index in [0.29, 0.717) is 22.8 Å². The van der Waals surface area contributed by atoms with Crippen molar-refractivity contribution in [3.05, 3.63) is 53.6 Å². The highest BCUT2D eigenvalue weighted by molar-refractivity contribution is 5.97. The van der Waals surface area contributed by atoms with Crippen LogP contribution in [-0.4, -0.2) is 60.2 Å². The number of amides is 1. The van der Waals surface area contributed by atoms with Crippen molar-refractivity contribution in [2.45, 2.75) is 38.3 Å². The largest absolute Gasteiger partial charge is 0.508 e. The molecule has 1 N–H and O–H groups in total. The molecule has 2 aromatic rings. The van der Waals surface area contributed by atoms with Gasteiger partial charge in [-0.25, -0.2) is 0 Å². The van der Waals surface area contributed by atoms with E-state index >= 15 is 0 Å². The molecule has 2 aliphatic heterocycles. The number of hydrogen-bond donors (Lipinski definition) is 1. The van der Waals surface area contributed by atoms with Crippen molar-refractivity contribution in [1.29, 1.82) is 0 Å². The number of carbonyl (C=O) groups excluding carboxylic acids is 1. The number of rotatable bonds is 6. The van der Waals surface area contributed by atoms with Gasteiger partial charge in [-0.2, -0.15) is 0 Å². The lowest BCUT2D eigenvalue weighted by Crippen LogP contribution is -2.38. The summed E-state index contributed by atoms with van der Waals surface area (Å²) in [7, 11) is 1.62. The number of benzene rings is 2. The smallest absolute Gasteiger partial charge is 0.257 e. The second-order valence-electron chi connectivity index (χ2n) is 8.08. The first-order valence-corrected chi connectivity index (χ1v) is 10.8. The third kappa shape index (κ3) is 4.70. The molecule has 1 amide bonds. The zero-order valence-electron chi connectivity index (χ0n) is 17.5. The fourth-order valence-corrected chi connectivity index (χ4v) is 4.24. The van der Waals surface area contributed by atoms with Gasteiger partial charge in [0.2, 0.25) is 0 Å². The van der Waals surface area contributed by atoms with Crippen molar-refractivity contribution in [3.8, 4) is 17.2 Å². The van der Waals surface area contributed by atoms with Crippen LogP contribution in [0.2, 0.25) is 0 Å². The SMILES string of the molecule is COc1ccc(C(=O)N2CCCC2)c(OC2CCN(Cc3ccccc3O)CC2)c1. The Bertz CT molecular complexity index is 871. The number of para-hydroxylation sites is 1. The Morgan fingerprint density at radius 1 is 1.07 bits per heavy atom. The molecule has 0 atom stereocenters. The molecule has 0 radical (unpaired) electrons.